The molecule has 0 aliphatic heterocycles. The lowest BCUT2D eigenvalue weighted by Crippen LogP contribution is -2.38. The van der Waals surface area contributed by atoms with E-state index in [9.17, 15) is 10.2 Å². The minimum atomic E-state index is -0.962. The molecule has 2 aliphatic rings. The van der Waals surface area contributed by atoms with Gasteiger partial charge in [0.15, 0.2) is 0 Å². The fourth-order valence-corrected chi connectivity index (χ4v) is 2.88. The first kappa shape index (κ1) is 12.9. The maximum absolute atomic E-state index is 10.6. The minimum absolute atomic E-state index is 0.352. The predicted octanol–water partition coefficient (Wildman–Crippen LogP) is 2.96. The molecular formula is C16H22O3. The fraction of sp³-hybridized carbons (Fsp3) is 0.625. The average Bonchev–Trinajstić information content (AvgIpc) is 3.23. The normalized spacial score (nSPS) is 23.9. The van der Waals surface area contributed by atoms with E-state index in [2.05, 4.69) is 0 Å². The van der Waals surface area contributed by atoms with Gasteiger partial charge < -0.3 is 14.9 Å². The highest BCUT2D eigenvalue weighted by molar-refractivity contribution is 5.31. The third-order valence-electron chi connectivity index (χ3n) is 4.23. The summed E-state index contributed by atoms with van der Waals surface area (Å²) in [6.45, 7) is 0. The van der Waals surface area contributed by atoms with Gasteiger partial charge >= 0.3 is 0 Å². The zero-order valence-electron chi connectivity index (χ0n) is 11.2. The molecule has 0 heterocycles. The van der Waals surface area contributed by atoms with Gasteiger partial charge in [0.1, 0.15) is 11.9 Å². The topological polar surface area (TPSA) is 49.7 Å². The smallest absolute Gasteiger partial charge is 0.120 e. The second kappa shape index (κ2) is 5.14. The van der Waals surface area contributed by atoms with Crippen molar-refractivity contribution in [2.24, 2.45) is 0 Å². The summed E-state index contributed by atoms with van der Waals surface area (Å²) in [6.07, 6.45) is 6.29. The number of aliphatic hydroxyl groups is 2. The van der Waals surface area contributed by atoms with Crippen LogP contribution in [0.1, 0.15) is 56.6 Å². The predicted molar refractivity (Wildman–Crippen MR) is 73.1 cm³/mol. The standard InChI is InChI=1S/C16H22O3/c17-15(16(18)9-2-1-3-10-16)12-5-4-6-14(11-12)19-13-7-8-13/h4-6,11,13,15,17-18H,1-3,7-10H2. The van der Waals surface area contributed by atoms with Crippen LogP contribution in [0.5, 0.6) is 5.75 Å². The maximum Gasteiger partial charge on any atom is 0.120 e. The number of benzene rings is 1. The minimum Gasteiger partial charge on any atom is -0.490 e. The van der Waals surface area contributed by atoms with E-state index in [-0.39, 0.29) is 0 Å². The van der Waals surface area contributed by atoms with Gasteiger partial charge in [-0.2, -0.15) is 0 Å². The number of hydrogen-bond acceptors (Lipinski definition) is 3. The lowest BCUT2D eigenvalue weighted by atomic mass is 9.78. The molecule has 0 aromatic heterocycles. The van der Waals surface area contributed by atoms with Crippen molar-refractivity contribution >= 4 is 0 Å². The number of ether oxygens (including phenoxy) is 1. The largest absolute Gasteiger partial charge is 0.490 e. The molecule has 1 aromatic carbocycles. The number of aliphatic hydroxyl groups excluding tert-OH is 1. The van der Waals surface area contributed by atoms with E-state index in [0.29, 0.717) is 18.9 Å². The summed E-state index contributed by atoms with van der Waals surface area (Å²) in [5.41, 5.74) is -0.196. The Morgan fingerprint density at radius 3 is 2.58 bits per heavy atom. The van der Waals surface area contributed by atoms with Crippen LogP contribution in [-0.2, 0) is 0 Å². The summed E-state index contributed by atoms with van der Waals surface area (Å²) >= 11 is 0. The Kier molecular flexibility index (Phi) is 3.50. The van der Waals surface area contributed by atoms with Crippen molar-refractivity contribution in [1.29, 1.82) is 0 Å². The Morgan fingerprint density at radius 2 is 1.89 bits per heavy atom. The average molecular weight is 262 g/mol. The van der Waals surface area contributed by atoms with Crippen LogP contribution in [-0.4, -0.2) is 21.9 Å². The SMILES string of the molecule is OC(c1cccc(OC2CC2)c1)C1(O)CCCCC1. The van der Waals surface area contributed by atoms with Gasteiger partial charge in [0.25, 0.3) is 0 Å². The molecule has 2 fully saturated rings. The summed E-state index contributed by atoms with van der Waals surface area (Å²) in [7, 11) is 0. The lowest BCUT2D eigenvalue weighted by Gasteiger charge is -2.36. The number of rotatable bonds is 4. The summed E-state index contributed by atoms with van der Waals surface area (Å²) in [4.78, 5) is 0. The van der Waals surface area contributed by atoms with Gasteiger partial charge in [0, 0.05) is 0 Å². The van der Waals surface area contributed by atoms with Crippen molar-refractivity contribution < 1.29 is 14.9 Å². The van der Waals surface area contributed by atoms with Crippen LogP contribution in [0, 0.1) is 0 Å². The van der Waals surface area contributed by atoms with Crippen LogP contribution >= 0.6 is 0 Å². The van der Waals surface area contributed by atoms with Crippen LogP contribution in [0.2, 0.25) is 0 Å². The highest BCUT2D eigenvalue weighted by Crippen LogP contribution is 2.39. The molecule has 2 N–H and O–H groups in total. The Labute approximate surface area is 114 Å². The molecule has 3 heteroatoms. The first-order chi connectivity index (χ1) is 9.17. The molecule has 2 saturated carbocycles. The van der Waals surface area contributed by atoms with Gasteiger partial charge in [-0.15, -0.1) is 0 Å². The Hall–Kier alpha value is -1.06. The van der Waals surface area contributed by atoms with Crippen molar-refractivity contribution in [3.05, 3.63) is 29.8 Å². The van der Waals surface area contributed by atoms with Crippen LogP contribution in [0.25, 0.3) is 0 Å². The molecule has 0 saturated heterocycles. The highest BCUT2D eigenvalue weighted by Gasteiger charge is 2.37. The Balaban J connectivity index is 1.75. The second-order valence-electron chi connectivity index (χ2n) is 5.96. The van der Waals surface area contributed by atoms with Crippen LogP contribution in [0.3, 0.4) is 0 Å². The van der Waals surface area contributed by atoms with Gasteiger partial charge in [-0.3, -0.25) is 0 Å². The maximum atomic E-state index is 10.6. The zero-order valence-corrected chi connectivity index (χ0v) is 11.2. The lowest BCUT2D eigenvalue weighted by molar-refractivity contribution is -0.0992. The second-order valence-corrected chi connectivity index (χ2v) is 5.96. The van der Waals surface area contributed by atoms with Crippen molar-refractivity contribution in [3.63, 3.8) is 0 Å². The Bertz CT molecular complexity index is 433. The van der Waals surface area contributed by atoms with E-state index in [1.54, 1.807) is 0 Å². The van der Waals surface area contributed by atoms with E-state index in [0.717, 1.165) is 43.4 Å². The van der Waals surface area contributed by atoms with E-state index >= 15 is 0 Å². The molecule has 0 amide bonds. The quantitative estimate of drug-likeness (QED) is 0.877. The van der Waals surface area contributed by atoms with Gasteiger partial charge in [0.05, 0.1) is 11.7 Å². The van der Waals surface area contributed by atoms with Gasteiger partial charge in [-0.05, 0) is 43.4 Å². The molecule has 104 valence electrons. The monoisotopic (exact) mass is 262 g/mol. The van der Waals surface area contributed by atoms with Crippen molar-refractivity contribution in [1.82, 2.24) is 0 Å². The zero-order chi connectivity index (χ0) is 13.3. The molecular weight excluding hydrogens is 240 g/mol. The fourth-order valence-electron chi connectivity index (χ4n) is 2.88. The van der Waals surface area contributed by atoms with Crippen LogP contribution in [0.15, 0.2) is 24.3 Å². The molecule has 0 radical (unpaired) electrons. The summed E-state index contributed by atoms with van der Waals surface area (Å²) in [5, 5.41) is 21.1. The van der Waals surface area contributed by atoms with Gasteiger partial charge in [-0.25, -0.2) is 0 Å². The van der Waals surface area contributed by atoms with Crippen molar-refractivity contribution in [3.8, 4) is 5.75 Å². The van der Waals surface area contributed by atoms with Gasteiger partial charge in [-0.1, -0.05) is 31.4 Å². The molecule has 0 bridgehead atoms. The Morgan fingerprint density at radius 1 is 1.16 bits per heavy atom. The molecule has 19 heavy (non-hydrogen) atoms. The van der Waals surface area contributed by atoms with Gasteiger partial charge in [0.2, 0.25) is 0 Å². The first-order valence-electron chi connectivity index (χ1n) is 7.34. The van der Waals surface area contributed by atoms with E-state index < -0.39 is 11.7 Å². The summed E-state index contributed by atoms with van der Waals surface area (Å²) in [6, 6.07) is 7.55. The molecule has 3 rings (SSSR count). The molecule has 0 spiro atoms. The van der Waals surface area contributed by atoms with E-state index in [1.807, 2.05) is 24.3 Å². The number of hydrogen-bond donors (Lipinski definition) is 2. The molecule has 3 nitrogen and oxygen atoms in total. The van der Waals surface area contributed by atoms with Crippen LogP contribution < -0.4 is 4.74 Å². The highest BCUT2D eigenvalue weighted by atomic mass is 16.5. The summed E-state index contributed by atoms with van der Waals surface area (Å²) in [5.74, 6) is 0.804. The molecule has 1 atom stereocenters. The molecule has 1 aromatic rings. The van der Waals surface area contributed by atoms with Crippen LogP contribution in [0.4, 0.5) is 0 Å². The molecule has 2 aliphatic carbocycles. The third kappa shape index (κ3) is 2.93. The van der Waals surface area contributed by atoms with Crippen molar-refractivity contribution in [2.75, 3.05) is 0 Å². The molecule has 1 unspecified atom stereocenters. The summed E-state index contributed by atoms with van der Waals surface area (Å²) < 4.78 is 5.74. The first-order valence-corrected chi connectivity index (χ1v) is 7.34. The van der Waals surface area contributed by atoms with E-state index in [4.69, 9.17) is 4.74 Å². The third-order valence-corrected chi connectivity index (χ3v) is 4.23. The van der Waals surface area contributed by atoms with E-state index in [1.165, 1.54) is 0 Å². The van der Waals surface area contributed by atoms with Crippen molar-refractivity contribution in [2.45, 2.75) is 62.8 Å².